The quantitative estimate of drug-likeness (QED) is 0.257. The van der Waals surface area contributed by atoms with Crippen molar-refractivity contribution in [3.63, 3.8) is 0 Å². The number of fused-ring (bicyclic) bond motifs is 5. The third-order valence-corrected chi connectivity index (χ3v) is 8.53. The van der Waals surface area contributed by atoms with Crippen LogP contribution < -0.4 is 9.47 Å². The SMILES string of the molecule is COc1ccc2cc1OCCCN(C(=O)c1cc(C(C)C)on1)CCCCN(C(=O)c1cc3nc(C)cc(C)n3n1)CCn1ccnc1-2. The summed E-state index contributed by atoms with van der Waals surface area (Å²) in [5.41, 5.74) is 3.90. The highest BCUT2D eigenvalue weighted by Gasteiger charge is 2.24. The van der Waals surface area contributed by atoms with Crippen LogP contribution in [0.1, 0.15) is 77.2 Å². The molecular formula is C35H42N8O5. The van der Waals surface area contributed by atoms with Crippen molar-refractivity contribution in [3.05, 3.63) is 77.3 Å². The summed E-state index contributed by atoms with van der Waals surface area (Å²) in [4.78, 5) is 40.4. The molecule has 0 aliphatic carbocycles. The van der Waals surface area contributed by atoms with Crippen molar-refractivity contribution in [3.8, 4) is 22.9 Å². The van der Waals surface area contributed by atoms with Crippen molar-refractivity contribution in [2.45, 2.75) is 59.4 Å². The highest BCUT2D eigenvalue weighted by atomic mass is 16.5. The lowest BCUT2D eigenvalue weighted by Crippen LogP contribution is -2.36. The van der Waals surface area contributed by atoms with E-state index in [2.05, 4.69) is 20.2 Å². The summed E-state index contributed by atoms with van der Waals surface area (Å²) in [6, 6.07) is 11.1. The molecule has 1 aliphatic rings. The van der Waals surface area contributed by atoms with Crippen molar-refractivity contribution in [2.75, 3.05) is 39.9 Å². The maximum absolute atomic E-state index is 14.0. The number of hydrogen-bond acceptors (Lipinski definition) is 9. The fraction of sp³-hybridized carbons (Fsp3) is 0.429. The topological polar surface area (TPSA) is 133 Å². The molecule has 0 atom stereocenters. The van der Waals surface area contributed by atoms with Gasteiger partial charge in [-0.15, -0.1) is 0 Å². The van der Waals surface area contributed by atoms with Crippen LogP contribution >= 0.6 is 0 Å². The highest BCUT2D eigenvalue weighted by Crippen LogP contribution is 2.32. The number of nitrogens with zero attached hydrogens (tertiary/aromatic N) is 8. The summed E-state index contributed by atoms with van der Waals surface area (Å²) < 4.78 is 20.9. The minimum Gasteiger partial charge on any atom is -0.493 e. The van der Waals surface area contributed by atoms with Crippen LogP contribution in [0, 0.1) is 13.8 Å². The molecule has 2 amide bonds. The van der Waals surface area contributed by atoms with Gasteiger partial charge in [-0.05, 0) is 57.4 Å². The number of rotatable bonds is 4. The molecule has 4 aromatic heterocycles. The first-order valence-corrected chi connectivity index (χ1v) is 16.4. The summed E-state index contributed by atoms with van der Waals surface area (Å²) in [7, 11) is 1.61. The van der Waals surface area contributed by atoms with Gasteiger partial charge in [-0.2, -0.15) is 5.10 Å². The van der Waals surface area contributed by atoms with Crippen LogP contribution in [0.3, 0.4) is 0 Å². The lowest BCUT2D eigenvalue weighted by atomic mass is 10.1. The molecule has 1 aromatic carbocycles. The molecule has 48 heavy (non-hydrogen) atoms. The van der Waals surface area contributed by atoms with E-state index < -0.39 is 0 Å². The van der Waals surface area contributed by atoms with Crippen LogP contribution in [-0.2, 0) is 6.54 Å². The molecule has 0 fully saturated rings. The van der Waals surface area contributed by atoms with Crippen molar-refractivity contribution in [2.24, 2.45) is 0 Å². The van der Waals surface area contributed by atoms with Crippen LogP contribution in [-0.4, -0.2) is 90.8 Å². The molecule has 1 aliphatic heterocycles. The zero-order valence-corrected chi connectivity index (χ0v) is 28.2. The van der Waals surface area contributed by atoms with Crippen molar-refractivity contribution in [1.82, 2.24) is 39.1 Å². The Balaban J connectivity index is 1.29. The molecule has 0 saturated heterocycles. The number of imidazole rings is 1. The van der Waals surface area contributed by atoms with Crippen LogP contribution in [0.2, 0.25) is 0 Å². The fourth-order valence-corrected chi connectivity index (χ4v) is 5.96. The molecule has 0 N–H and O–H groups in total. The summed E-state index contributed by atoms with van der Waals surface area (Å²) in [6.45, 7) is 10.6. The van der Waals surface area contributed by atoms with E-state index >= 15 is 0 Å². The minimum atomic E-state index is -0.190. The number of aryl methyl sites for hydroxylation is 2. The van der Waals surface area contributed by atoms with E-state index in [1.54, 1.807) is 34.9 Å². The molecule has 5 aromatic rings. The first kappa shape index (κ1) is 32.7. The molecule has 0 unspecified atom stereocenters. The second-order valence-corrected chi connectivity index (χ2v) is 12.4. The normalized spacial score (nSPS) is 14.9. The summed E-state index contributed by atoms with van der Waals surface area (Å²) in [5, 5.41) is 8.68. The predicted octanol–water partition coefficient (Wildman–Crippen LogP) is 5.18. The average molecular weight is 655 g/mol. The molecule has 5 heterocycles. The van der Waals surface area contributed by atoms with Gasteiger partial charge in [-0.1, -0.05) is 19.0 Å². The van der Waals surface area contributed by atoms with Crippen LogP contribution in [0.15, 0.2) is 53.3 Å². The smallest absolute Gasteiger partial charge is 0.276 e. The molecule has 13 nitrogen and oxygen atoms in total. The van der Waals surface area contributed by atoms with Crippen molar-refractivity contribution < 1.29 is 23.6 Å². The summed E-state index contributed by atoms with van der Waals surface area (Å²) in [5.74, 6) is 2.38. The third kappa shape index (κ3) is 7.04. The van der Waals surface area contributed by atoms with Crippen LogP contribution in [0.5, 0.6) is 11.5 Å². The van der Waals surface area contributed by atoms with E-state index in [-0.39, 0.29) is 23.4 Å². The molecule has 13 heteroatoms. The number of hydrogen-bond donors (Lipinski definition) is 0. The van der Waals surface area contributed by atoms with Gasteiger partial charge in [0.05, 0.1) is 13.7 Å². The Morgan fingerprint density at radius 2 is 1.65 bits per heavy atom. The molecule has 0 spiro atoms. The molecule has 0 saturated carbocycles. The van der Waals surface area contributed by atoms with E-state index in [1.165, 1.54) is 0 Å². The number of methoxy groups -OCH3 is 1. The number of ether oxygens (including phenoxy) is 2. The number of amides is 2. The molecule has 6 rings (SSSR count). The van der Waals surface area contributed by atoms with E-state index in [4.69, 9.17) is 14.0 Å². The van der Waals surface area contributed by atoms with Gasteiger partial charge < -0.3 is 28.4 Å². The predicted molar refractivity (Wildman–Crippen MR) is 178 cm³/mol. The molecular weight excluding hydrogens is 612 g/mol. The van der Waals surface area contributed by atoms with Gasteiger partial charge in [0.15, 0.2) is 28.5 Å². The fourth-order valence-electron chi connectivity index (χ4n) is 5.96. The zero-order chi connectivity index (χ0) is 33.8. The van der Waals surface area contributed by atoms with Gasteiger partial charge in [0.1, 0.15) is 11.6 Å². The summed E-state index contributed by atoms with van der Waals surface area (Å²) in [6.07, 6.45) is 5.62. The lowest BCUT2D eigenvalue weighted by Gasteiger charge is -2.24. The minimum absolute atomic E-state index is 0.117. The Morgan fingerprint density at radius 3 is 2.40 bits per heavy atom. The van der Waals surface area contributed by atoms with Gasteiger partial charge in [-0.3, -0.25) is 9.59 Å². The Kier molecular flexibility index (Phi) is 9.74. The molecule has 2 bridgehead atoms. The maximum atomic E-state index is 14.0. The van der Waals surface area contributed by atoms with Gasteiger partial charge >= 0.3 is 0 Å². The van der Waals surface area contributed by atoms with Gasteiger partial charge in [-0.25, -0.2) is 14.5 Å². The first-order chi connectivity index (χ1) is 23.2. The van der Waals surface area contributed by atoms with Crippen LogP contribution in [0.25, 0.3) is 17.0 Å². The van der Waals surface area contributed by atoms with Crippen LogP contribution in [0.4, 0.5) is 0 Å². The zero-order valence-electron chi connectivity index (χ0n) is 28.2. The Morgan fingerprint density at radius 1 is 0.896 bits per heavy atom. The Labute approximate surface area is 279 Å². The number of aromatic nitrogens is 6. The first-order valence-electron chi connectivity index (χ1n) is 16.4. The number of carbonyl (C=O) groups excluding carboxylic acids is 2. The summed E-state index contributed by atoms with van der Waals surface area (Å²) >= 11 is 0. The van der Waals surface area contributed by atoms with Crippen molar-refractivity contribution >= 4 is 17.5 Å². The van der Waals surface area contributed by atoms with Crippen molar-refractivity contribution in [1.29, 1.82) is 0 Å². The van der Waals surface area contributed by atoms with Gasteiger partial charge in [0.25, 0.3) is 11.8 Å². The molecule has 0 radical (unpaired) electrons. The number of carbonyl (C=O) groups is 2. The number of benzene rings is 1. The van der Waals surface area contributed by atoms with Gasteiger partial charge in [0, 0.05) is 80.1 Å². The molecule has 252 valence electrons. The van der Waals surface area contributed by atoms with E-state index in [0.29, 0.717) is 87.2 Å². The monoisotopic (exact) mass is 654 g/mol. The largest absolute Gasteiger partial charge is 0.493 e. The van der Waals surface area contributed by atoms with E-state index in [1.807, 2.05) is 67.6 Å². The van der Waals surface area contributed by atoms with E-state index in [0.717, 1.165) is 22.8 Å². The second kappa shape index (κ2) is 14.3. The van der Waals surface area contributed by atoms with E-state index in [9.17, 15) is 9.59 Å². The third-order valence-electron chi connectivity index (χ3n) is 8.53. The van der Waals surface area contributed by atoms with Gasteiger partial charge in [0.2, 0.25) is 0 Å². The highest BCUT2D eigenvalue weighted by molar-refractivity contribution is 5.93. The maximum Gasteiger partial charge on any atom is 0.276 e. The Hall–Kier alpha value is -5.20. The standard InChI is InChI=1S/C35H42N8O5/c1-23(2)30-21-28(39-48-30)35(45)41-12-6-7-13-42(34(44)27-22-32-37-24(3)19-25(4)43(32)38-27)17-16-40-15-11-36-33(40)26-9-10-29(46-5)31(20-26)47-18-8-14-41/h9-11,15,19-23H,6-8,12-14,16-18H2,1-5H3. The lowest BCUT2D eigenvalue weighted by molar-refractivity contribution is 0.0705. The average Bonchev–Trinajstić information content (AvgIpc) is 3.84. The second-order valence-electron chi connectivity index (χ2n) is 12.4. The Bertz CT molecular complexity index is 1910.